The maximum atomic E-state index is 15.1. The Morgan fingerprint density at radius 2 is 1.84 bits per heavy atom. The van der Waals surface area contributed by atoms with Crippen LogP contribution in [0.4, 0.5) is 17.7 Å². The molecule has 220 valence electrons. The van der Waals surface area contributed by atoms with Crippen LogP contribution in [0.25, 0.3) is 28.1 Å². The van der Waals surface area contributed by atoms with Gasteiger partial charge in [0, 0.05) is 30.4 Å². The summed E-state index contributed by atoms with van der Waals surface area (Å²) in [6.07, 6.45) is -2.88. The summed E-state index contributed by atoms with van der Waals surface area (Å²) in [7, 11) is 0. The van der Waals surface area contributed by atoms with Crippen LogP contribution in [0.15, 0.2) is 71.5 Å². The van der Waals surface area contributed by atoms with E-state index in [0.717, 1.165) is 17.1 Å². The largest absolute Gasteiger partial charge is 0.417 e. The third kappa shape index (κ3) is 5.31. The Kier molecular flexibility index (Phi) is 6.92. The second-order valence-electron chi connectivity index (χ2n) is 10.1. The quantitative estimate of drug-likeness (QED) is 0.172. The summed E-state index contributed by atoms with van der Waals surface area (Å²) in [4.78, 5) is 33.4. The van der Waals surface area contributed by atoms with Gasteiger partial charge in [-0.2, -0.15) is 23.3 Å². The molecule has 0 spiro atoms. The Morgan fingerprint density at radius 3 is 2.49 bits per heavy atom. The topological polar surface area (TPSA) is 106 Å². The van der Waals surface area contributed by atoms with Crippen molar-refractivity contribution in [2.45, 2.75) is 38.0 Å². The number of hydrogen-bond donors (Lipinski definition) is 1. The van der Waals surface area contributed by atoms with Crippen molar-refractivity contribution in [2.24, 2.45) is 0 Å². The highest BCUT2D eigenvalue weighted by Gasteiger charge is 2.53. The van der Waals surface area contributed by atoms with Gasteiger partial charge in [0.15, 0.2) is 0 Å². The zero-order chi connectivity index (χ0) is 30.5. The summed E-state index contributed by atoms with van der Waals surface area (Å²) in [5, 5.41) is 7.59. The Labute approximate surface area is 246 Å². The summed E-state index contributed by atoms with van der Waals surface area (Å²) in [5.74, 6) is -1.29. The van der Waals surface area contributed by atoms with Gasteiger partial charge in [0.1, 0.15) is 11.2 Å². The SMILES string of the molecule is Cc1nc(-c2c(Cl)c3ccccc3n2-c2ccc(CN(F)C(=O)C3(NC(=O)c4cncc(C(F)(F)F)c4)CC3)cc2)no1. The van der Waals surface area contributed by atoms with Gasteiger partial charge in [-0.1, -0.05) is 51.6 Å². The lowest BCUT2D eigenvalue weighted by molar-refractivity contribution is -0.151. The molecule has 6 rings (SSSR count). The van der Waals surface area contributed by atoms with E-state index in [9.17, 15) is 22.8 Å². The van der Waals surface area contributed by atoms with Gasteiger partial charge >= 0.3 is 6.18 Å². The lowest BCUT2D eigenvalue weighted by atomic mass is 10.1. The van der Waals surface area contributed by atoms with Crippen molar-refractivity contribution in [3.8, 4) is 17.2 Å². The Balaban J connectivity index is 1.20. The molecule has 0 aliphatic heterocycles. The van der Waals surface area contributed by atoms with Crippen LogP contribution in [0, 0.1) is 6.92 Å². The summed E-state index contributed by atoms with van der Waals surface area (Å²) in [6.45, 7) is 1.24. The van der Waals surface area contributed by atoms with Gasteiger partial charge in [0.2, 0.25) is 11.7 Å². The molecule has 1 fully saturated rings. The van der Waals surface area contributed by atoms with E-state index in [1.165, 1.54) is 0 Å². The molecular weight excluding hydrogens is 592 g/mol. The number of pyridine rings is 1. The highest BCUT2D eigenvalue weighted by atomic mass is 35.5. The fraction of sp³-hybridized carbons (Fsp3) is 0.207. The van der Waals surface area contributed by atoms with Gasteiger partial charge in [0.05, 0.1) is 28.2 Å². The van der Waals surface area contributed by atoms with Gasteiger partial charge in [-0.15, -0.1) is 0 Å². The monoisotopic (exact) mass is 612 g/mol. The molecule has 3 heterocycles. The van der Waals surface area contributed by atoms with Crippen LogP contribution >= 0.6 is 11.6 Å². The Bertz CT molecular complexity index is 1860. The summed E-state index contributed by atoms with van der Waals surface area (Å²) >= 11 is 6.72. The molecular formula is C29H21ClF4N6O3. The van der Waals surface area contributed by atoms with Crippen LogP contribution in [0.3, 0.4) is 0 Å². The third-order valence-corrected chi connectivity index (χ3v) is 7.51. The number of para-hydroxylation sites is 1. The van der Waals surface area contributed by atoms with Crippen molar-refractivity contribution < 1.29 is 31.8 Å². The van der Waals surface area contributed by atoms with E-state index in [2.05, 4.69) is 20.4 Å². The Morgan fingerprint density at radius 1 is 1.12 bits per heavy atom. The first kappa shape index (κ1) is 28.3. The molecule has 0 unspecified atom stereocenters. The van der Waals surface area contributed by atoms with Crippen molar-refractivity contribution in [3.63, 3.8) is 0 Å². The van der Waals surface area contributed by atoms with Gasteiger partial charge in [-0.3, -0.25) is 14.6 Å². The minimum Gasteiger partial charge on any atom is -0.339 e. The van der Waals surface area contributed by atoms with E-state index in [1.807, 2.05) is 28.8 Å². The third-order valence-electron chi connectivity index (χ3n) is 7.13. The summed E-state index contributed by atoms with van der Waals surface area (Å²) in [5.41, 5.74) is -0.632. The number of benzene rings is 2. The molecule has 14 heteroatoms. The maximum absolute atomic E-state index is 15.1. The van der Waals surface area contributed by atoms with E-state index in [0.29, 0.717) is 45.9 Å². The number of amides is 2. The molecule has 2 amide bonds. The molecule has 1 N–H and O–H groups in total. The molecule has 1 aliphatic rings. The number of hydrogen-bond acceptors (Lipinski definition) is 6. The molecule has 43 heavy (non-hydrogen) atoms. The number of aryl methyl sites for hydroxylation is 1. The highest BCUT2D eigenvalue weighted by molar-refractivity contribution is 6.38. The van der Waals surface area contributed by atoms with E-state index >= 15 is 4.48 Å². The van der Waals surface area contributed by atoms with Gasteiger partial charge in [0.25, 0.3) is 11.8 Å². The molecule has 1 saturated carbocycles. The first-order chi connectivity index (χ1) is 20.5. The number of fused-ring (bicyclic) bond motifs is 1. The van der Waals surface area contributed by atoms with Crippen LogP contribution in [0.5, 0.6) is 0 Å². The second-order valence-corrected chi connectivity index (χ2v) is 10.5. The van der Waals surface area contributed by atoms with Crippen LogP contribution in [-0.4, -0.2) is 42.2 Å². The van der Waals surface area contributed by atoms with E-state index in [-0.39, 0.29) is 23.5 Å². The van der Waals surface area contributed by atoms with Crippen molar-refractivity contribution in [2.75, 3.05) is 0 Å². The summed E-state index contributed by atoms with van der Waals surface area (Å²) in [6, 6.07) is 14.8. The number of aromatic nitrogens is 4. The predicted octanol–water partition coefficient (Wildman–Crippen LogP) is 6.23. The minimum absolute atomic E-state index is 0.0118. The summed E-state index contributed by atoms with van der Waals surface area (Å²) < 4.78 is 61.2. The van der Waals surface area contributed by atoms with Crippen molar-refractivity contribution in [1.29, 1.82) is 0 Å². The van der Waals surface area contributed by atoms with Crippen molar-refractivity contribution in [1.82, 2.24) is 30.1 Å². The molecule has 0 atom stereocenters. The number of carbonyl (C=O) groups is 2. The lowest BCUT2D eigenvalue weighted by Gasteiger charge is -2.21. The molecule has 0 bridgehead atoms. The van der Waals surface area contributed by atoms with Gasteiger partial charge < -0.3 is 14.4 Å². The number of alkyl halides is 3. The number of halogens is 5. The molecule has 2 aromatic carbocycles. The first-order valence-electron chi connectivity index (χ1n) is 13.0. The van der Waals surface area contributed by atoms with Crippen LogP contribution in [0.2, 0.25) is 5.02 Å². The average Bonchev–Trinajstić information content (AvgIpc) is 3.55. The number of carbonyl (C=O) groups excluding carboxylic acids is 2. The minimum atomic E-state index is -4.70. The zero-order valence-corrected chi connectivity index (χ0v) is 23.1. The zero-order valence-electron chi connectivity index (χ0n) is 22.3. The van der Waals surface area contributed by atoms with E-state index in [4.69, 9.17) is 16.1 Å². The molecule has 1 aliphatic carbocycles. The first-order valence-corrected chi connectivity index (χ1v) is 13.4. The van der Waals surface area contributed by atoms with Crippen LogP contribution in [0.1, 0.15) is 40.2 Å². The maximum Gasteiger partial charge on any atom is 0.417 e. The number of nitrogens with zero attached hydrogens (tertiary/aromatic N) is 5. The lowest BCUT2D eigenvalue weighted by Crippen LogP contribution is -2.48. The van der Waals surface area contributed by atoms with E-state index < -0.39 is 35.6 Å². The fourth-order valence-corrected chi connectivity index (χ4v) is 5.13. The Hall–Kier alpha value is -4.78. The van der Waals surface area contributed by atoms with E-state index in [1.54, 1.807) is 31.2 Å². The standard InChI is InChI=1S/C29H21ClF4N6O3/c1-16-36-25(38-43-16)24-23(30)21-4-2-3-5-22(21)40(24)20-8-6-17(7-9-20)15-39(34)27(42)28(10-11-28)37-26(41)18-12-19(14-35-13-18)29(31,32)33/h2-9,12-14H,10-11,15H2,1H3,(H,37,41). The molecule has 0 radical (unpaired) electrons. The van der Waals surface area contributed by atoms with Crippen molar-refractivity contribution >= 4 is 34.3 Å². The fourth-order valence-electron chi connectivity index (χ4n) is 4.80. The second kappa shape index (κ2) is 10.5. The van der Waals surface area contributed by atoms with Crippen LogP contribution < -0.4 is 5.32 Å². The normalized spacial score (nSPS) is 14.1. The number of rotatable bonds is 7. The number of nitrogens with one attached hydrogen (secondary N) is 1. The average molecular weight is 613 g/mol. The van der Waals surface area contributed by atoms with Crippen molar-refractivity contribution in [3.05, 3.63) is 94.6 Å². The molecule has 3 aromatic heterocycles. The predicted molar refractivity (Wildman–Crippen MR) is 147 cm³/mol. The van der Waals surface area contributed by atoms with Gasteiger partial charge in [-0.25, -0.2) is 0 Å². The smallest absolute Gasteiger partial charge is 0.339 e. The highest BCUT2D eigenvalue weighted by Crippen LogP contribution is 2.40. The van der Waals surface area contributed by atoms with Gasteiger partial charge in [-0.05, 0) is 42.7 Å². The molecule has 5 aromatic rings. The molecule has 9 nitrogen and oxygen atoms in total. The molecule has 0 saturated heterocycles. The van der Waals surface area contributed by atoms with Crippen LogP contribution in [-0.2, 0) is 17.5 Å².